The van der Waals surface area contributed by atoms with Crippen LogP contribution in [0.25, 0.3) is 0 Å². The second-order valence-corrected chi connectivity index (χ2v) is 8.13. The Morgan fingerprint density at radius 2 is 2.14 bits per heavy atom. The molecule has 4 nitrogen and oxygen atoms in total. The number of halogens is 3. The van der Waals surface area contributed by atoms with Crippen LogP contribution in [0.1, 0.15) is 19.4 Å². The molecular formula is C14H19F3N2O2S. The van der Waals surface area contributed by atoms with Gasteiger partial charge in [0.15, 0.2) is 6.61 Å². The Kier molecular flexibility index (Phi) is 5.11. The Morgan fingerprint density at radius 3 is 2.68 bits per heavy atom. The summed E-state index contributed by atoms with van der Waals surface area (Å²) in [5.41, 5.74) is 0.892. The van der Waals surface area contributed by atoms with Crippen LogP contribution in [0.15, 0.2) is 18.3 Å². The summed E-state index contributed by atoms with van der Waals surface area (Å²) in [6.07, 6.45) is -2.85. The maximum absolute atomic E-state index is 12.0. The van der Waals surface area contributed by atoms with Gasteiger partial charge in [0.1, 0.15) is 0 Å². The number of aromatic nitrogens is 1. The molecule has 22 heavy (non-hydrogen) atoms. The molecule has 2 heterocycles. The van der Waals surface area contributed by atoms with Crippen LogP contribution in [-0.4, -0.2) is 50.5 Å². The van der Waals surface area contributed by atoms with E-state index in [4.69, 9.17) is 0 Å². The third-order valence-electron chi connectivity index (χ3n) is 3.40. The summed E-state index contributed by atoms with van der Waals surface area (Å²) in [4.78, 5) is 6.06. The molecule has 1 aromatic heterocycles. The summed E-state index contributed by atoms with van der Waals surface area (Å²) in [5.74, 6) is 0.592. The fourth-order valence-corrected chi connectivity index (χ4v) is 3.62. The van der Waals surface area contributed by atoms with Crippen LogP contribution in [0.3, 0.4) is 0 Å². The van der Waals surface area contributed by atoms with Gasteiger partial charge >= 0.3 is 6.18 Å². The summed E-state index contributed by atoms with van der Waals surface area (Å²) >= 11 is 0. The molecule has 0 bridgehead atoms. The second-order valence-electron chi connectivity index (χ2n) is 5.93. The molecule has 1 aliphatic rings. The van der Waals surface area contributed by atoms with E-state index >= 15 is 0 Å². The molecule has 1 atom stereocenters. The first-order valence-corrected chi connectivity index (χ1v) is 8.23. The normalized spacial score (nSPS) is 22.5. The first-order valence-electron chi connectivity index (χ1n) is 6.91. The van der Waals surface area contributed by atoms with Crippen molar-refractivity contribution in [3.05, 3.63) is 23.9 Å². The van der Waals surface area contributed by atoms with Crippen LogP contribution < -0.4 is 4.74 Å². The van der Waals surface area contributed by atoms with E-state index < -0.39 is 23.6 Å². The van der Waals surface area contributed by atoms with E-state index in [-0.39, 0.29) is 10.6 Å². The quantitative estimate of drug-likeness (QED) is 0.847. The molecule has 124 valence electrons. The van der Waals surface area contributed by atoms with E-state index in [9.17, 15) is 17.4 Å². The monoisotopic (exact) mass is 336 g/mol. The van der Waals surface area contributed by atoms with Crippen molar-refractivity contribution in [1.82, 2.24) is 9.88 Å². The third-order valence-corrected chi connectivity index (χ3v) is 5.32. The number of rotatable bonds is 4. The van der Waals surface area contributed by atoms with Crippen molar-refractivity contribution in [2.75, 3.05) is 25.4 Å². The minimum atomic E-state index is -4.37. The number of ether oxygens (including phenoxy) is 1. The van der Waals surface area contributed by atoms with E-state index in [1.54, 1.807) is 6.07 Å². The summed E-state index contributed by atoms with van der Waals surface area (Å²) in [6.45, 7) is 4.69. The highest BCUT2D eigenvalue weighted by Crippen LogP contribution is 2.22. The van der Waals surface area contributed by atoms with Crippen molar-refractivity contribution in [3.8, 4) is 5.88 Å². The van der Waals surface area contributed by atoms with Crippen molar-refractivity contribution >= 4 is 10.8 Å². The smallest absolute Gasteiger partial charge is 0.422 e. The number of alkyl halides is 3. The Hall–Kier alpha value is -1.15. The molecule has 1 saturated heterocycles. The van der Waals surface area contributed by atoms with Crippen LogP contribution in [0.2, 0.25) is 0 Å². The lowest BCUT2D eigenvalue weighted by Gasteiger charge is -2.37. The molecule has 1 aromatic rings. The fourth-order valence-electron chi connectivity index (χ4n) is 2.32. The Bertz CT molecular complexity index is 532. The molecule has 2 rings (SSSR count). The summed E-state index contributed by atoms with van der Waals surface area (Å²) in [7, 11) is -0.828. The first-order chi connectivity index (χ1) is 10.2. The van der Waals surface area contributed by atoms with Crippen molar-refractivity contribution in [1.29, 1.82) is 0 Å². The summed E-state index contributed by atoms with van der Waals surface area (Å²) in [5, 5.41) is 0. The minimum absolute atomic E-state index is 0.0406. The SMILES string of the molecule is CC1(C)CN(Cc2ccc(OCC(F)(F)F)nc2)CC[S@]1=O. The molecule has 0 radical (unpaired) electrons. The van der Waals surface area contributed by atoms with Gasteiger partial charge in [0.2, 0.25) is 5.88 Å². The predicted octanol–water partition coefficient (Wildman–Crippen LogP) is 2.37. The van der Waals surface area contributed by atoms with E-state index in [0.717, 1.165) is 12.1 Å². The number of nitrogens with zero attached hydrogens (tertiary/aromatic N) is 2. The molecule has 0 aromatic carbocycles. The predicted molar refractivity (Wildman–Crippen MR) is 78.2 cm³/mol. The zero-order valence-corrected chi connectivity index (χ0v) is 13.3. The van der Waals surface area contributed by atoms with Crippen molar-refractivity contribution in [2.45, 2.75) is 31.3 Å². The molecule has 0 aliphatic carbocycles. The second kappa shape index (κ2) is 6.54. The van der Waals surface area contributed by atoms with Crippen LogP contribution in [-0.2, 0) is 17.3 Å². The highest BCUT2D eigenvalue weighted by Gasteiger charge is 2.33. The average Bonchev–Trinajstić information content (AvgIpc) is 2.41. The van der Waals surface area contributed by atoms with Gasteiger partial charge in [-0.05, 0) is 19.4 Å². The minimum Gasteiger partial charge on any atom is -0.468 e. The molecule has 1 aliphatic heterocycles. The number of hydrogen-bond donors (Lipinski definition) is 0. The zero-order valence-electron chi connectivity index (χ0n) is 12.5. The van der Waals surface area contributed by atoms with Crippen molar-refractivity contribution < 1.29 is 22.1 Å². The van der Waals surface area contributed by atoms with E-state index in [1.165, 1.54) is 12.3 Å². The summed E-state index contributed by atoms with van der Waals surface area (Å²) < 4.78 is 52.3. The van der Waals surface area contributed by atoms with Gasteiger partial charge in [-0.3, -0.25) is 9.11 Å². The van der Waals surface area contributed by atoms with Gasteiger partial charge in [0.05, 0.1) is 4.75 Å². The molecule has 0 amide bonds. The topological polar surface area (TPSA) is 42.4 Å². The lowest BCUT2D eigenvalue weighted by molar-refractivity contribution is -0.154. The van der Waals surface area contributed by atoms with Gasteiger partial charge in [0.25, 0.3) is 0 Å². The molecule has 0 spiro atoms. The number of hydrogen-bond acceptors (Lipinski definition) is 4. The van der Waals surface area contributed by atoms with Gasteiger partial charge in [-0.2, -0.15) is 13.2 Å². The first kappa shape index (κ1) is 17.2. The highest BCUT2D eigenvalue weighted by atomic mass is 32.2. The van der Waals surface area contributed by atoms with Crippen molar-refractivity contribution in [2.24, 2.45) is 0 Å². The van der Waals surface area contributed by atoms with Gasteiger partial charge in [-0.1, -0.05) is 6.07 Å². The lowest BCUT2D eigenvalue weighted by atomic mass is 10.1. The van der Waals surface area contributed by atoms with E-state index in [1.807, 2.05) is 13.8 Å². The third kappa shape index (κ3) is 4.95. The molecule has 8 heteroatoms. The zero-order chi connectivity index (χ0) is 16.4. The largest absolute Gasteiger partial charge is 0.468 e. The molecule has 0 saturated carbocycles. The fraction of sp³-hybridized carbons (Fsp3) is 0.643. The van der Waals surface area contributed by atoms with Crippen LogP contribution in [0.5, 0.6) is 5.88 Å². The standard InChI is InChI=1S/C14H19F3N2O2S/c1-13(2)9-19(5-6-22(13)20)8-11-3-4-12(18-7-11)21-10-14(15,16)17/h3-4,7H,5-6,8-10H2,1-2H3/t22-/m1/s1. The molecule has 0 N–H and O–H groups in total. The van der Waals surface area contributed by atoms with E-state index in [0.29, 0.717) is 18.8 Å². The summed E-state index contributed by atoms with van der Waals surface area (Å²) in [6, 6.07) is 3.14. The maximum Gasteiger partial charge on any atom is 0.422 e. The van der Waals surface area contributed by atoms with Gasteiger partial charge in [-0.25, -0.2) is 4.98 Å². The van der Waals surface area contributed by atoms with Gasteiger partial charge in [-0.15, -0.1) is 0 Å². The van der Waals surface area contributed by atoms with Gasteiger partial charge < -0.3 is 4.74 Å². The van der Waals surface area contributed by atoms with Crippen LogP contribution >= 0.6 is 0 Å². The Labute approximate surface area is 130 Å². The van der Waals surface area contributed by atoms with Crippen molar-refractivity contribution in [3.63, 3.8) is 0 Å². The van der Waals surface area contributed by atoms with E-state index in [2.05, 4.69) is 14.6 Å². The Morgan fingerprint density at radius 1 is 1.41 bits per heavy atom. The van der Waals surface area contributed by atoms with Gasteiger partial charge in [0, 0.05) is 48.4 Å². The maximum atomic E-state index is 12.0. The lowest BCUT2D eigenvalue weighted by Crippen LogP contribution is -2.49. The van der Waals surface area contributed by atoms with Crippen LogP contribution in [0, 0.1) is 0 Å². The molecule has 1 fully saturated rings. The molecule has 0 unspecified atom stereocenters. The number of pyridine rings is 1. The highest BCUT2D eigenvalue weighted by molar-refractivity contribution is 7.86. The molecular weight excluding hydrogens is 317 g/mol. The Balaban J connectivity index is 1.90. The average molecular weight is 336 g/mol. The van der Waals surface area contributed by atoms with Crippen LogP contribution in [0.4, 0.5) is 13.2 Å².